The molecule has 1 amide bonds. The summed E-state index contributed by atoms with van der Waals surface area (Å²) in [4.78, 5) is 28.2. The number of halogens is 2. The van der Waals surface area contributed by atoms with Gasteiger partial charge in [-0.2, -0.15) is 0 Å². The minimum atomic E-state index is -1.30. The summed E-state index contributed by atoms with van der Waals surface area (Å²) in [7, 11) is 1.59. The van der Waals surface area contributed by atoms with Crippen molar-refractivity contribution >= 4 is 34.4 Å². The SMILES string of the molecule is COc1c(COCCCCCC2CCCCC2)cccc1-c1csc(NC(=O)c2cc(F)c(C=C(C)C(=O)O)c(F)c2)n1. The number of methoxy groups -OCH3 is 1. The molecule has 2 aromatic carbocycles. The average molecular weight is 613 g/mol. The van der Waals surface area contributed by atoms with Crippen LogP contribution >= 0.6 is 11.3 Å². The van der Waals surface area contributed by atoms with Gasteiger partial charge >= 0.3 is 5.97 Å². The van der Waals surface area contributed by atoms with E-state index in [0.29, 0.717) is 24.7 Å². The molecule has 10 heteroatoms. The third-order valence-corrected chi connectivity index (χ3v) is 8.48. The number of para-hydroxylation sites is 1. The third-order valence-electron chi connectivity index (χ3n) is 7.72. The highest BCUT2D eigenvalue weighted by Crippen LogP contribution is 2.35. The zero-order valence-electron chi connectivity index (χ0n) is 24.6. The van der Waals surface area contributed by atoms with Crippen molar-refractivity contribution in [2.75, 3.05) is 19.0 Å². The molecule has 0 aliphatic heterocycles. The van der Waals surface area contributed by atoms with Gasteiger partial charge in [-0.25, -0.2) is 18.6 Å². The van der Waals surface area contributed by atoms with Gasteiger partial charge < -0.3 is 14.6 Å². The fraction of sp³-hybridized carbons (Fsp3) is 0.424. The molecule has 1 aliphatic carbocycles. The van der Waals surface area contributed by atoms with Crippen LogP contribution < -0.4 is 10.1 Å². The van der Waals surface area contributed by atoms with Crippen molar-refractivity contribution in [3.8, 4) is 17.0 Å². The number of carbonyl (C=O) groups excluding carboxylic acids is 1. The molecule has 1 fully saturated rings. The number of anilines is 1. The highest BCUT2D eigenvalue weighted by atomic mass is 32.1. The second kappa shape index (κ2) is 15.7. The van der Waals surface area contributed by atoms with E-state index >= 15 is 0 Å². The van der Waals surface area contributed by atoms with Gasteiger partial charge in [0.15, 0.2) is 5.13 Å². The van der Waals surface area contributed by atoms with Gasteiger partial charge in [-0.1, -0.05) is 63.5 Å². The van der Waals surface area contributed by atoms with E-state index in [1.807, 2.05) is 18.2 Å². The highest BCUT2D eigenvalue weighted by molar-refractivity contribution is 7.14. The third kappa shape index (κ3) is 8.93. The van der Waals surface area contributed by atoms with Crippen LogP contribution in [-0.2, 0) is 16.1 Å². The van der Waals surface area contributed by atoms with Crippen LogP contribution in [0.5, 0.6) is 5.75 Å². The van der Waals surface area contributed by atoms with Crippen LogP contribution in [0.1, 0.15) is 86.2 Å². The Labute approximate surface area is 255 Å². The fourth-order valence-corrected chi connectivity index (χ4v) is 6.07. The Morgan fingerprint density at radius 2 is 1.86 bits per heavy atom. The Morgan fingerprint density at radius 3 is 2.56 bits per heavy atom. The first-order valence-electron chi connectivity index (χ1n) is 14.7. The quantitative estimate of drug-likeness (QED) is 0.140. The molecule has 7 nitrogen and oxygen atoms in total. The summed E-state index contributed by atoms with van der Waals surface area (Å²) in [6.07, 6.45) is 12.6. The lowest BCUT2D eigenvalue weighted by atomic mass is 9.86. The number of aromatic nitrogens is 1. The number of benzene rings is 2. The molecule has 0 saturated heterocycles. The number of ether oxygens (including phenoxy) is 2. The van der Waals surface area contributed by atoms with Gasteiger partial charge in [0.1, 0.15) is 17.4 Å². The molecule has 3 aromatic rings. The lowest BCUT2D eigenvalue weighted by Crippen LogP contribution is -2.13. The summed E-state index contributed by atoms with van der Waals surface area (Å²) in [6.45, 7) is 2.31. The normalized spacial score (nSPS) is 14.1. The van der Waals surface area contributed by atoms with E-state index in [2.05, 4.69) is 10.3 Å². The molecule has 230 valence electrons. The number of carboxylic acids is 1. The minimum Gasteiger partial charge on any atom is -0.496 e. The van der Waals surface area contributed by atoms with E-state index in [1.165, 1.54) is 58.3 Å². The van der Waals surface area contributed by atoms with Crippen molar-refractivity contribution in [1.29, 1.82) is 0 Å². The van der Waals surface area contributed by atoms with Gasteiger partial charge in [0.25, 0.3) is 5.91 Å². The minimum absolute atomic E-state index is 0.239. The number of aliphatic carboxylic acids is 1. The lowest BCUT2D eigenvalue weighted by Gasteiger charge is -2.21. The molecule has 1 aromatic heterocycles. The maximum atomic E-state index is 14.5. The highest BCUT2D eigenvalue weighted by Gasteiger charge is 2.18. The monoisotopic (exact) mass is 612 g/mol. The van der Waals surface area contributed by atoms with Crippen LogP contribution in [-0.4, -0.2) is 35.7 Å². The molecule has 1 saturated carbocycles. The molecule has 1 heterocycles. The smallest absolute Gasteiger partial charge is 0.331 e. The maximum absolute atomic E-state index is 14.5. The van der Waals surface area contributed by atoms with Gasteiger partial charge in [-0.05, 0) is 43.5 Å². The number of carboxylic acid groups (broad SMARTS) is 1. The van der Waals surface area contributed by atoms with Crippen molar-refractivity contribution in [2.24, 2.45) is 5.92 Å². The predicted molar refractivity (Wildman–Crippen MR) is 164 cm³/mol. The van der Waals surface area contributed by atoms with Gasteiger partial charge in [-0.3, -0.25) is 10.1 Å². The first-order valence-corrected chi connectivity index (χ1v) is 15.6. The molecule has 0 atom stereocenters. The summed E-state index contributed by atoms with van der Waals surface area (Å²) in [5.74, 6) is -2.60. The number of rotatable bonds is 14. The van der Waals surface area contributed by atoms with Gasteiger partial charge in [0, 0.05) is 39.8 Å². The second-order valence-electron chi connectivity index (χ2n) is 10.9. The topological polar surface area (TPSA) is 97.8 Å². The summed E-state index contributed by atoms with van der Waals surface area (Å²) in [5.41, 5.74) is 1.16. The Morgan fingerprint density at radius 1 is 1.12 bits per heavy atom. The van der Waals surface area contributed by atoms with Gasteiger partial charge in [-0.15, -0.1) is 11.3 Å². The van der Waals surface area contributed by atoms with Crippen LogP contribution in [0.2, 0.25) is 0 Å². The van der Waals surface area contributed by atoms with Crippen molar-refractivity contribution < 1.29 is 33.0 Å². The molecular formula is C33H38F2N2O5S. The number of carbonyl (C=O) groups is 2. The Bertz CT molecular complexity index is 1430. The molecule has 0 spiro atoms. The number of unbranched alkanes of at least 4 members (excludes halogenated alkanes) is 2. The van der Waals surface area contributed by atoms with E-state index in [0.717, 1.165) is 53.0 Å². The first kappa shape index (κ1) is 32.3. The molecule has 43 heavy (non-hydrogen) atoms. The fourth-order valence-electron chi connectivity index (χ4n) is 5.37. The zero-order chi connectivity index (χ0) is 30.8. The molecule has 0 bridgehead atoms. The van der Waals surface area contributed by atoms with Crippen molar-refractivity contribution in [2.45, 2.75) is 71.3 Å². The number of amides is 1. The van der Waals surface area contributed by atoms with Gasteiger partial charge in [0.2, 0.25) is 0 Å². The van der Waals surface area contributed by atoms with Crippen LogP contribution in [0.25, 0.3) is 17.3 Å². The largest absolute Gasteiger partial charge is 0.496 e. The molecule has 2 N–H and O–H groups in total. The number of hydrogen-bond acceptors (Lipinski definition) is 6. The predicted octanol–water partition coefficient (Wildman–Crippen LogP) is 8.49. The summed E-state index contributed by atoms with van der Waals surface area (Å²) in [6, 6.07) is 7.42. The van der Waals surface area contributed by atoms with Crippen molar-refractivity contribution in [3.05, 3.63) is 69.6 Å². The van der Waals surface area contributed by atoms with Crippen LogP contribution in [0, 0.1) is 17.6 Å². The summed E-state index contributed by atoms with van der Waals surface area (Å²) in [5, 5.41) is 13.5. The molecule has 0 radical (unpaired) electrons. The van der Waals surface area contributed by atoms with Crippen molar-refractivity contribution in [1.82, 2.24) is 4.98 Å². The zero-order valence-corrected chi connectivity index (χ0v) is 25.4. The van der Waals surface area contributed by atoms with E-state index in [1.54, 1.807) is 12.5 Å². The van der Waals surface area contributed by atoms with Crippen molar-refractivity contribution in [3.63, 3.8) is 0 Å². The number of nitrogens with one attached hydrogen (secondary N) is 1. The van der Waals surface area contributed by atoms with Crippen LogP contribution in [0.15, 0.2) is 41.3 Å². The second-order valence-corrected chi connectivity index (χ2v) is 11.7. The summed E-state index contributed by atoms with van der Waals surface area (Å²) >= 11 is 1.16. The number of hydrogen-bond donors (Lipinski definition) is 2. The number of nitrogens with zero attached hydrogens (tertiary/aromatic N) is 1. The van der Waals surface area contributed by atoms with E-state index in [9.17, 15) is 18.4 Å². The molecule has 1 aliphatic rings. The summed E-state index contributed by atoms with van der Waals surface area (Å²) < 4.78 is 40.7. The number of thiazole rings is 1. The Kier molecular flexibility index (Phi) is 11.8. The molecule has 4 rings (SSSR count). The Balaban J connectivity index is 1.34. The standard InChI is InChI=1S/C33H38F2N2O5S/c1-21(32(39)40)16-26-27(34)17-24(18-28(26)35)31(38)37-33-36-29(20-43-33)25-14-9-13-23(30(25)41-2)19-42-15-8-4-7-12-22-10-5-3-6-11-22/h9,13-14,16-18,20,22H,3-8,10-12,15,19H2,1-2H3,(H,39,40)(H,36,37,38). The van der Waals surface area contributed by atoms with Crippen LogP contribution in [0.4, 0.5) is 13.9 Å². The molecule has 0 unspecified atom stereocenters. The van der Waals surface area contributed by atoms with Crippen LogP contribution in [0.3, 0.4) is 0 Å². The van der Waals surface area contributed by atoms with E-state index < -0.39 is 29.1 Å². The maximum Gasteiger partial charge on any atom is 0.331 e. The van der Waals surface area contributed by atoms with Gasteiger partial charge in [0.05, 0.1) is 19.4 Å². The average Bonchev–Trinajstić information content (AvgIpc) is 3.46. The lowest BCUT2D eigenvalue weighted by molar-refractivity contribution is -0.132. The van der Waals surface area contributed by atoms with E-state index in [-0.39, 0.29) is 16.3 Å². The first-order chi connectivity index (χ1) is 20.8. The van der Waals surface area contributed by atoms with E-state index in [4.69, 9.17) is 14.6 Å². The molecular weight excluding hydrogens is 574 g/mol. The Hall–Kier alpha value is -3.63.